The van der Waals surface area contributed by atoms with Crippen LogP contribution in [0.2, 0.25) is 0 Å². The Kier molecular flexibility index (Phi) is 4.70. The van der Waals surface area contributed by atoms with E-state index in [0.29, 0.717) is 0 Å². The Hall–Kier alpha value is 0.660. The average Bonchev–Trinajstić information content (AvgIpc) is 2.00. The minimum absolute atomic E-state index is 1.19. The van der Waals surface area contributed by atoms with E-state index in [0.717, 1.165) is 0 Å². The Labute approximate surface area is 64.9 Å². The fraction of sp³-hybridized carbons (Fsp3) is 1.00. The summed E-state index contributed by atoms with van der Waals surface area (Å²) in [4.78, 5) is 0. The predicted octanol–water partition coefficient (Wildman–Crippen LogP) is 2.45. The Bertz CT molecular complexity index is 39.5. The normalized spacial score (nSPS) is 24.0. The van der Waals surface area contributed by atoms with Gasteiger partial charge in [0, 0.05) is 12.3 Å². The average molecular weight is 163 g/mol. The van der Waals surface area contributed by atoms with E-state index in [1.54, 1.807) is 0 Å². The van der Waals surface area contributed by atoms with E-state index in [1.165, 1.54) is 38.0 Å². The first-order valence-electron chi connectivity index (χ1n) is 3.51. The molecule has 0 saturated carbocycles. The third-order valence-electron chi connectivity index (χ3n) is 1.37. The summed E-state index contributed by atoms with van der Waals surface area (Å²) in [6.45, 7) is 1.19. The maximum atomic E-state index is 3.31. The molecule has 0 spiro atoms. The second kappa shape index (κ2) is 5.45. The fourth-order valence-electron chi connectivity index (χ4n) is 0.837. The molecule has 0 unspecified atom stereocenters. The van der Waals surface area contributed by atoms with Crippen molar-refractivity contribution in [3.05, 3.63) is 0 Å². The maximum Gasteiger partial charge on any atom is 0.00663 e. The summed E-state index contributed by atoms with van der Waals surface area (Å²) in [5, 5.41) is 0. The van der Waals surface area contributed by atoms with Crippen molar-refractivity contribution >= 4 is 21.8 Å². The van der Waals surface area contributed by atoms with Gasteiger partial charge < -0.3 is 0 Å². The molecule has 1 heterocycles. The largest absolute Gasteiger partial charge is 0.255 e. The van der Waals surface area contributed by atoms with Crippen LogP contribution in [0.4, 0.5) is 0 Å². The van der Waals surface area contributed by atoms with Gasteiger partial charge in [0.2, 0.25) is 0 Å². The summed E-state index contributed by atoms with van der Waals surface area (Å²) >= 11 is 0. The zero-order valence-corrected chi connectivity index (χ0v) is 7.19. The van der Waals surface area contributed by atoms with Crippen molar-refractivity contribution in [1.29, 1.82) is 0 Å². The molecule has 1 aliphatic rings. The maximum absolute atomic E-state index is 3.31. The third-order valence-corrected chi connectivity index (χ3v) is 3.48. The molecule has 0 radical (unpaired) electrons. The van der Waals surface area contributed by atoms with Gasteiger partial charge in [-0.05, 0) is 23.8 Å². The quantitative estimate of drug-likeness (QED) is 0.435. The summed E-state index contributed by atoms with van der Waals surface area (Å²) in [6, 6.07) is 0. The van der Waals surface area contributed by atoms with E-state index in [1.807, 2.05) is 21.8 Å². The van der Waals surface area contributed by atoms with E-state index in [2.05, 4.69) is 4.72 Å². The summed E-state index contributed by atoms with van der Waals surface area (Å²) in [7, 11) is 3.76. The predicted molar refractivity (Wildman–Crippen MR) is 46.5 cm³/mol. The first-order valence-corrected chi connectivity index (χ1v) is 5.83. The van der Waals surface area contributed by atoms with Crippen LogP contribution in [-0.4, -0.2) is 12.3 Å². The van der Waals surface area contributed by atoms with Crippen molar-refractivity contribution < 1.29 is 0 Å². The zero-order chi connectivity index (χ0) is 6.36. The first-order chi connectivity index (χ1) is 4.50. The Morgan fingerprint density at radius 2 is 1.89 bits per heavy atom. The minimum atomic E-state index is 1.19. The summed E-state index contributed by atoms with van der Waals surface area (Å²) < 4.78 is 3.31. The van der Waals surface area contributed by atoms with Crippen molar-refractivity contribution in [2.24, 2.45) is 0 Å². The SMILES string of the molecule is C1CCCSSNCC1. The van der Waals surface area contributed by atoms with E-state index < -0.39 is 0 Å². The Balaban J connectivity index is 2.02. The van der Waals surface area contributed by atoms with Gasteiger partial charge in [-0.2, -0.15) is 0 Å². The van der Waals surface area contributed by atoms with Crippen molar-refractivity contribution in [1.82, 2.24) is 4.72 Å². The van der Waals surface area contributed by atoms with Crippen molar-refractivity contribution in [2.75, 3.05) is 12.3 Å². The van der Waals surface area contributed by atoms with Gasteiger partial charge in [0.15, 0.2) is 0 Å². The standard InChI is InChI=1S/C6H13NS2/c1-2-4-6-8-9-7-5-3-1/h7H,1-6H2. The lowest BCUT2D eigenvalue weighted by atomic mass is 10.2. The molecular formula is C6H13NS2. The number of hydrogen-bond acceptors (Lipinski definition) is 3. The van der Waals surface area contributed by atoms with E-state index in [4.69, 9.17) is 0 Å². The molecule has 0 amide bonds. The third kappa shape index (κ3) is 4.12. The molecule has 1 aliphatic heterocycles. The molecule has 0 aliphatic carbocycles. The van der Waals surface area contributed by atoms with Gasteiger partial charge >= 0.3 is 0 Å². The summed E-state index contributed by atoms with van der Waals surface area (Å²) in [5.41, 5.74) is 0. The Morgan fingerprint density at radius 3 is 2.89 bits per heavy atom. The molecule has 0 atom stereocenters. The molecule has 0 aromatic heterocycles. The van der Waals surface area contributed by atoms with Crippen LogP contribution in [-0.2, 0) is 0 Å². The highest BCUT2D eigenvalue weighted by Crippen LogP contribution is 2.20. The Morgan fingerprint density at radius 1 is 1.00 bits per heavy atom. The lowest BCUT2D eigenvalue weighted by molar-refractivity contribution is 0.669. The highest BCUT2D eigenvalue weighted by molar-refractivity contribution is 8.76. The lowest BCUT2D eigenvalue weighted by Crippen LogP contribution is -2.02. The van der Waals surface area contributed by atoms with Crippen LogP contribution in [0.15, 0.2) is 0 Å². The van der Waals surface area contributed by atoms with Gasteiger partial charge in [0.05, 0.1) is 0 Å². The van der Waals surface area contributed by atoms with Gasteiger partial charge in [0.1, 0.15) is 0 Å². The van der Waals surface area contributed by atoms with Crippen molar-refractivity contribution in [2.45, 2.75) is 25.7 Å². The molecule has 9 heavy (non-hydrogen) atoms. The molecule has 0 aromatic rings. The van der Waals surface area contributed by atoms with E-state index in [9.17, 15) is 0 Å². The van der Waals surface area contributed by atoms with Gasteiger partial charge in [-0.3, -0.25) is 4.72 Å². The van der Waals surface area contributed by atoms with Crippen molar-refractivity contribution in [3.63, 3.8) is 0 Å². The van der Waals surface area contributed by atoms with Crippen LogP contribution in [0, 0.1) is 0 Å². The topological polar surface area (TPSA) is 12.0 Å². The number of rotatable bonds is 0. The van der Waals surface area contributed by atoms with Crippen LogP contribution < -0.4 is 4.72 Å². The van der Waals surface area contributed by atoms with Gasteiger partial charge in [-0.25, -0.2) is 0 Å². The van der Waals surface area contributed by atoms with Crippen LogP contribution in [0.25, 0.3) is 0 Å². The molecule has 54 valence electrons. The highest BCUT2D eigenvalue weighted by Gasteiger charge is 1.95. The summed E-state index contributed by atoms with van der Waals surface area (Å²) in [5.74, 6) is 1.32. The molecule has 1 N–H and O–H groups in total. The monoisotopic (exact) mass is 163 g/mol. The smallest absolute Gasteiger partial charge is 0.00663 e. The van der Waals surface area contributed by atoms with Crippen LogP contribution in [0.1, 0.15) is 25.7 Å². The van der Waals surface area contributed by atoms with E-state index in [-0.39, 0.29) is 0 Å². The van der Waals surface area contributed by atoms with Crippen molar-refractivity contribution in [3.8, 4) is 0 Å². The molecule has 1 nitrogen and oxygen atoms in total. The molecule has 0 bridgehead atoms. The second-order valence-corrected chi connectivity index (χ2v) is 4.52. The van der Waals surface area contributed by atoms with Crippen LogP contribution in [0.3, 0.4) is 0 Å². The highest BCUT2D eigenvalue weighted by atomic mass is 33.1. The molecule has 0 aromatic carbocycles. The lowest BCUT2D eigenvalue weighted by Gasteiger charge is -1.96. The van der Waals surface area contributed by atoms with Gasteiger partial charge in [-0.1, -0.05) is 23.6 Å². The van der Waals surface area contributed by atoms with Gasteiger partial charge in [-0.15, -0.1) is 0 Å². The molecular weight excluding hydrogens is 150 g/mol. The zero-order valence-electron chi connectivity index (χ0n) is 5.56. The molecule has 3 heteroatoms. The van der Waals surface area contributed by atoms with Gasteiger partial charge in [0.25, 0.3) is 0 Å². The fourth-order valence-corrected chi connectivity index (χ4v) is 2.66. The number of nitrogens with one attached hydrogen (secondary N) is 1. The van der Waals surface area contributed by atoms with Crippen LogP contribution in [0.5, 0.6) is 0 Å². The summed E-state index contributed by atoms with van der Waals surface area (Å²) in [6.07, 6.45) is 5.59. The first kappa shape index (κ1) is 7.76. The minimum Gasteiger partial charge on any atom is -0.255 e. The molecule has 1 fully saturated rings. The number of hydrogen-bond donors (Lipinski definition) is 1. The molecule has 1 rings (SSSR count). The second-order valence-electron chi connectivity index (χ2n) is 2.21. The molecule has 1 saturated heterocycles. The van der Waals surface area contributed by atoms with E-state index >= 15 is 0 Å². The van der Waals surface area contributed by atoms with Crippen LogP contribution >= 0.6 is 21.8 Å².